The summed E-state index contributed by atoms with van der Waals surface area (Å²) in [7, 11) is -4.71. The molecule has 1 aromatic heterocycles. The number of halogens is 2. The number of carbonyl (C=O) groups excluding carboxylic acids is 1. The van der Waals surface area contributed by atoms with E-state index in [1.165, 1.54) is 12.1 Å². The summed E-state index contributed by atoms with van der Waals surface area (Å²) in [5.74, 6) is -0.338. The van der Waals surface area contributed by atoms with Gasteiger partial charge in [-0.2, -0.15) is 43.7 Å². The van der Waals surface area contributed by atoms with Crippen molar-refractivity contribution >= 4 is 79.6 Å². The molecule has 1 unspecified atom stereocenters. The van der Waals surface area contributed by atoms with E-state index in [-0.39, 0.29) is 28.6 Å². The van der Waals surface area contributed by atoms with E-state index >= 15 is 0 Å². The lowest BCUT2D eigenvalue weighted by Crippen LogP contribution is -2.30. The number of rotatable bonds is 8. The van der Waals surface area contributed by atoms with Crippen LogP contribution >= 0.6 is 23.2 Å². The van der Waals surface area contributed by atoms with Gasteiger partial charge in [0, 0.05) is 11.4 Å². The number of nitrogens with zero attached hydrogens (tertiary/aromatic N) is 7. The average molecular weight is 626 g/mol. The molecule has 5 rings (SSSR count). The minimum atomic E-state index is -4.71. The predicted molar refractivity (Wildman–Crippen MR) is 159 cm³/mol. The Morgan fingerprint density at radius 2 is 1.60 bits per heavy atom. The quantitative estimate of drug-likeness (QED) is 0.154. The Balaban J connectivity index is 1.43. The highest BCUT2D eigenvalue weighted by Crippen LogP contribution is 2.34. The van der Waals surface area contributed by atoms with Gasteiger partial charge in [-0.1, -0.05) is 41.9 Å². The molecule has 0 saturated carbocycles. The van der Waals surface area contributed by atoms with Crippen molar-refractivity contribution in [3.05, 3.63) is 82.6 Å². The molecular formula is C26H21Cl2N9O4S. The Morgan fingerprint density at radius 3 is 2.26 bits per heavy atom. The second kappa shape index (κ2) is 11.8. The standard InChI is InChI=1S/C26H21Cl2N9O4S/c1-14-7-6-10-18(27)22(14)37-23(38)21(15(2)36-37)35-34-19-13-17(11-12-20(19)42(39,40)41)30-26-32-24(28)31-25(33-26)29-16-8-4-3-5-9-16/h3-13,21H,1-2H3,(H,39,40,41)(H2,29,30,31,32,33). The van der Waals surface area contributed by atoms with Crippen molar-refractivity contribution in [2.45, 2.75) is 24.8 Å². The third-order valence-electron chi connectivity index (χ3n) is 5.91. The highest BCUT2D eigenvalue weighted by atomic mass is 35.5. The summed E-state index contributed by atoms with van der Waals surface area (Å²) in [5, 5.41) is 19.6. The molecular weight excluding hydrogens is 605 g/mol. The summed E-state index contributed by atoms with van der Waals surface area (Å²) in [6.07, 6.45) is 0. The molecule has 1 amide bonds. The Bertz CT molecular complexity index is 1830. The van der Waals surface area contributed by atoms with Gasteiger partial charge in [0.15, 0.2) is 6.04 Å². The fourth-order valence-corrected chi connectivity index (χ4v) is 5.06. The van der Waals surface area contributed by atoms with Gasteiger partial charge in [-0.3, -0.25) is 9.35 Å². The molecule has 0 saturated heterocycles. The molecule has 13 nitrogen and oxygen atoms in total. The Morgan fingerprint density at radius 1 is 0.905 bits per heavy atom. The van der Waals surface area contributed by atoms with E-state index in [2.05, 4.69) is 40.9 Å². The van der Waals surface area contributed by atoms with Crippen LogP contribution in [0.2, 0.25) is 10.3 Å². The van der Waals surface area contributed by atoms with Crippen molar-refractivity contribution in [1.29, 1.82) is 0 Å². The van der Waals surface area contributed by atoms with Gasteiger partial charge in [0.2, 0.25) is 17.2 Å². The topological polar surface area (TPSA) is 174 Å². The number of azo groups is 1. The predicted octanol–water partition coefficient (Wildman–Crippen LogP) is 6.10. The molecule has 0 spiro atoms. The van der Waals surface area contributed by atoms with Gasteiger partial charge < -0.3 is 10.6 Å². The number of carbonyl (C=O) groups is 1. The Hall–Kier alpha value is -4.50. The second-order valence-corrected chi connectivity index (χ2v) is 11.1. The summed E-state index contributed by atoms with van der Waals surface area (Å²) in [6.45, 7) is 3.37. The molecule has 1 atom stereocenters. The Kier molecular flexibility index (Phi) is 8.13. The first-order chi connectivity index (χ1) is 20.0. The number of hydrogen-bond acceptors (Lipinski definition) is 11. The molecule has 214 valence electrons. The van der Waals surface area contributed by atoms with Gasteiger partial charge >= 0.3 is 0 Å². The van der Waals surface area contributed by atoms with Crippen LogP contribution in [-0.4, -0.2) is 45.6 Å². The van der Waals surface area contributed by atoms with E-state index in [9.17, 15) is 17.8 Å². The monoisotopic (exact) mass is 625 g/mol. The third kappa shape index (κ3) is 6.36. The fourth-order valence-electron chi connectivity index (χ4n) is 3.99. The molecule has 3 aromatic carbocycles. The molecule has 42 heavy (non-hydrogen) atoms. The van der Waals surface area contributed by atoms with Gasteiger partial charge in [-0.25, -0.2) is 0 Å². The first kappa shape index (κ1) is 29.0. The number of para-hydroxylation sites is 2. The average Bonchev–Trinajstić information content (AvgIpc) is 3.19. The number of aryl methyl sites for hydroxylation is 1. The molecule has 0 fully saturated rings. The lowest BCUT2D eigenvalue weighted by Gasteiger charge is -2.16. The highest BCUT2D eigenvalue weighted by Gasteiger charge is 2.36. The van der Waals surface area contributed by atoms with Crippen molar-refractivity contribution in [3.8, 4) is 0 Å². The van der Waals surface area contributed by atoms with E-state index < -0.39 is 27.0 Å². The number of anilines is 5. The number of aromatic nitrogens is 3. The molecule has 3 N–H and O–H groups in total. The maximum Gasteiger partial charge on any atom is 0.296 e. The van der Waals surface area contributed by atoms with E-state index in [1.54, 1.807) is 32.0 Å². The van der Waals surface area contributed by atoms with Gasteiger partial charge in [-0.05, 0) is 67.4 Å². The summed E-state index contributed by atoms with van der Waals surface area (Å²) < 4.78 is 34.0. The normalized spacial score (nSPS) is 15.3. The van der Waals surface area contributed by atoms with Crippen LogP contribution in [-0.2, 0) is 14.9 Å². The van der Waals surface area contributed by atoms with E-state index in [0.717, 1.165) is 22.3 Å². The van der Waals surface area contributed by atoms with Crippen LogP contribution in [0.5, 0.6) is 0 Å². The summed E-state index contributed by atoms with van der Waals surface area (Å²) in [6, 6.07) is 16.9. The summed E-state index contributed by atoms with van der Waals surface area (Å²) in [5.41, 5.74) is 2.18. The van der Waals surface area contributed by atoms with Crippen molar-refractivity contribution in [2.24, 2.45) is 15.3 Å². The minimum absolute atomic E-state index is 0.0376. The largest absolute Gasteiger partial charge is 0.324 e. The lowest BCUT2D eigenvalue weighted by atomic mass is 10.1. The first-order valence-corrected chi connectivity index (χ1v) is 14.4. The van der Waals surface area contributed by atoms with Gasteiger partial charge in [0.05, 0.1) is 16.4 Å². The van der Waals surface area contributed by atoms with Crippen LogP contribution in [0.25, 0.3) is 0 Å². The van der Waals surface area contributed by atoms with Crippen LogP contribution in [0.3, 0.4) is 0 Å². The van der Waals surface area contributed by atoms with Crippen molar-refractivity contribution in [1.82, 2.24) is 15.0 Å². The number of amides is 1. The number of hydrazone groups is 1. The zero-order valence-corrected chi connectivity index (χ0v) is 24.2. The van der Waals surface area contributed by atoms with Crippen molar-refractivity contribution < 1.29 is 17.8 Å². The van der Waals surface area contributed by atoms with Crippen LogP contribution in [0.1, 0.15) is 12.5 Å². The lowest BCUT2D eigenvalue weighted by molar-refractivity contribution is -0.117. The minimum Gasteiger partial charge on any atom is -0.324 e. The second-order valence-electron chi connectivity index (χ2n) is 8.94. The van der Waals surface area contributed by atoms with E-state index in [1.807, 2.05) is 30.3 Å². The van der Waals surface area contributed by atoms with Crippen molar-refractivity contribution in [3.63, 3.8) is 0 Å². The Labute approximate surface area is 250 Å². The molecule has 1 aliphatic rings. The van der Waals surface area contributed by atoms with Crippen molar-refractivity contribution in [2.75, 3.05) is 15.6 Å². The smallest absolute Gasteiger partial charge is 0.296 e. The van der Waals surface area contributed by atoms with E-state index in [4.69, 9.17) is 23.2 Å². The zero-order chi connectivity index (χ0) is 30.0. The SMILES string of the molecule is CC1=NN(c2c(C)cccc2Cl)C(=O)C1N=Nc1cc(Nc2nc(Cl)nc(Nc3ccccc3)n2)ccc1S(=O)(=O)O. The van der Waals surface area contributed by atoms with Gasteiger partial charge in [0.1, 0.15) is 10.6 Å². The number of hydrogen-bond donors (Lipinski definition) is 3. The molecule has 0 radical (unpaired) electrons. The molecule has 16 heteroatoms. The molecule has 4 aromatic rings. The molecule has 2 heterocycles. The van der Waals surface area contributed by atoms with E-state index in [0.29, 0.717) is 16.4 Å². The number of benzene rings is 3. The highest BCUT2D eigenvalue weighted by molar-refractivity contribution is 7.86. The first-order valence-electron chi connectivity index (χ1n) is 12.2. The van der Waals surface area contributed by atoms with Gasteiger partial charge in [-0.15, -0.1) is 0 Å². The van der Waals surface area contributed by atoms with Crippen LogP contribution < -0.4 is 15.6 Å². The van der Waals surface area contributed by atoms with Crippen LogP contribution in [0, 0.1) is 6.92 Å². The summed E-state index contributed by atoms with van der Waals surface area (Å²) in [4.78, 5) is 25.0. The zero-order valence-electron chi connectivity index (χ0n) is 21.9. The van der Waals surface area contributed by atoms with Crippen LogP contribution in [0.15, 0.2) is 87.0 Å². The number of nitrogens with one attached hydrogen (secondary N) is 2. The van der Waals surface area contributed by atoms with Gasteiger partial charge in [0.25, 0.3) is 16.0 Å². The fraction of sp³-hybridized carbons (Fsp3) is 0.115. The maximum atomic E-state index is 13.2. The molecule has 0 aliphatic carbocycles. The third-order valence-corrected chi connectivity index (χ3v) is 7.28. The molecule has 0 bridgehead atoms. The molecule has 1 aliphatic heterocycles. The van der Waals surface area contributed by atoms with Crippen LogP contribution in [0.4, 0.5) is 34.6 Å². The maximum absolute atomic E-state index is 13.2. The summed E-state index contributed by atoms with van der Waals surface area (Å²) >= 11 is 12.4.